The minimum absolute atomic E-state index is 0.0369. The van der Waals surface area contributed by atoms with E-state index >= 15 is 0 Å². The topological polar surface area (TPSA) is 49.3 Å². The summed E-state index contributed by atoms with van der Waals surface area (Å²) in [6.45, 7) is 10.9. The lowest BCUT2D eigenvalue weighted by Gasteiger charge is -2.26. The van der Waals surface area contributed by atoms with E-state index in [-0.39, 0.29) is 5.41 Å². The van der Waals surface area contributed by atoms with Crippen molar-refractivity contribution in [2.45, 2.75) is 39.7 Å². The van der Waals surface area contributed by atoms with Gasteiger partial charge in [-0.05, 0) is 19.4 Å². The summed E-state index contributed by atoms with van der Waals surface area (Å²) < 4.78 is 0. The molecule has 5 heteroatoms. The fourth-order valence-electron chi connectivity index (χ4n) is 2.26. The Kier molecular flexibility index (Phi) is 6.16. The van der Waals surface area contributed by atoms with Gasteiger partial charge in [0.05, 0.1) is 6.54 Å². The Bertz CT molecular complexity index is 631. The smallest absolute Gasteiger partial charge is 0.191 e. The van der Waals surface area contributed by atoms with E-state index in [2.05, 4.69) is 78.6 Å². The second-order valence-corrected chi connectivity index (χ2v) is 7.48. The van der Waals surface area contributed by atoms with Crippen molar-refractivity contribution < 1.29 is 0 Å². The van der Waals surface area contributed by atoms with Crippen LogP contribution in [0.2, 0.25) is 0 Å². The third kappa shape index (κ3) is 5.36. The zero-order valence-electron chi connectivity index (χ0n) is 14.4. The number of aryl methyl sites for hydroxylation is 1. The van der Waals surface area contributed by atoms with E-state index < -0.39 is 0 Å². The fraction of sp³-hybridized carbons (Fsp3) is 0.444. The highest BCUT2D eigenvalue weighted by atomic mass is 32.1. The van der Waals surface area contributed by atoms with Crippen LogP contribution < -0.4 is 10.6 Å². The number of rotatable bonds is 6. The van der Waals surface area contributed by atoms with E-state index in [0.717, 1.165) is 24.1 Å². The first-order chi connectivity index (χ1) is 11.0. The first-order valence-electron chi connectivity index (χ1n) is 8.00. The van der Waals surface area contributed by atoms with Gasteiger partial charge in [0.15, 0.2) is 5.96 Å². The maximum atomic E-state index is 4.64. The summed E-state index contributed by atoms with van der Waals surface area (Å²) in [5.41, 5.74) is 1.36. The molecule has 0 saturated heterocycles. The van der Waals surface area contributed by atoms with Crippen LogP contribution in [0.4, 0.5) is 0 Å². The first kappa shape index (κ1) is 17.5. The summed E-state index contributed by atoms with van der Waals surface area (Å²) in [7, 11) is 0. The van der Waals surface area contributed by atoms with Crippen molar-refractivity contribution in [3.8, 4) is 0 Å². The van der Waals surface area contributed by atoms with Gasteiger partial charge in [0.2, 0.25) is 0 Å². The summed E-state index contributed by atoms with van der Waals surface area (Å²) in [4.78, 5) is 10.2. The third-order valence-electron chi connectivity index (χ3n) is 3.64. The number of benzene rings is 1. The predicted octanol–water partition coefficient (Wildman–Crippen LogP) is 3.48. The fourth-order valence-corrected chi connectivity index (χ4v) is 2.97. The SMILES string of the molecule is CCNC(=NCc1ncc(C)s1)NCC(C)(C)c1ccccc1. The molecule has 0 fully saturated rings. The van der Waals surface area contributed by atoms with Crippen LogP contribution in [0.3, 0.4) is 0 Å². The predicted molar refractivity (Wildman–Crippen MR) is 99.1 cm³/mol. The number of aromatic nitrogens is 1. The van der Waals surface area contributed by atoms with Crippen LogP contribution in [0.25, 0.3) is 0 Å². The molecule has 0 aliphatic heterocycles. The molecule has 0 bridgehead atoms. The summed E-state index contributed by atoms with van der Waals surface area (Å²) in [6, 6.07) is 10.6. The Morgan fingerprint density at radius 3 is 2.57 bits per heavy atom. The van der Waals surface area contributed by atoms with Gasteiger partial charge in [-0.3, -0.25) is 0 Å². The van der Waals surface area contributed by atoms with Crippen LogP contribution in [-0.4, -0.2) is 24.0 Å². The Hall–Kier alpha value is -1.88. The summed E-state index contributed by atoms with van der Waals surface area (Å²) in [6.07, 6.45) is 1.90. The molecule has 1 aromatic heterocycles. The Morgan fingerprint density at radius 2 is 1.96 bits per heavy atom. The van der Waals surface area contributed by atoms with E-state index in [4.69, 9.17) is 0 Å². The summed E-state index contributed by atoms with van der Waals surface area (Å²) in [5.74, 6) is 0.837. The third-order valence-corrected chi connectivity index (χ3v) is 4.54. The van der Waals surface area contributed by atoms with Gasteiger partial charge in [0, 0.05) is 29.6 Å². The first-order valence-corrected chi connectivity index (χ1v) is 8.82. The highest BCUT2D eigenvalue weighted by Gasteiger charge is 2.20. The van der Waals surface area contributed by atoms with E-state index in [1.54, 1.807) is 11.3 Å². The Morgan fingerprint density at radius 1 is 1.22 bits per heavy atom. The van der Waals surface area contributed by atoms with Crippen molar-refractivity contribution in [1.29, 1.82) is 0 Å². The van der Waals surface area contributed by atoms with E-state index in [9.17, 15) is 0 Å². The molecule has 0 aliphatic carbocycles. The lowest BCUT2D eigenvalue weighted by molar-refractivity contribution is 0.508. The molecule has 0 atom stereocenters. The number of aliphatic imine (C=N–C) groups is 1. The van der Waals surface area contributed by atoms with Crippen molar-refractivity contribution in [3.05, 3.63) is 52.0 Å². The normalized spacial score (nSPS) is 12.3. The van der Waals surface area contributed by atoms with Crippen LogP contribution in [0, 0.1) is 6.92 Å². The number of hydrogen-bond donors (Lipinski definition) is 2. The number of hydrogen-bond acceptors (Lipinski definition) is 3. The van der Waals surface area contributed by atoms with Crippen LogP contribution >= 0.6 is 11.3 Å². The molecule has 2 N–H and O–H groups in total. The minimum Gasteiger partial charge on any atom is -0.357 e. The van der Waals surface area contributed by atoms with Gasteiger partial charge in [-0.25, -0.2) is 9.98 Å². The van der Waals surface area contributed by atoms with Crippen LogP contribution in [0.5, 0.6) is 0 Å². The molecule has 0 spiro atoms. The largest absolute Gasteiger partial charge is 0.357 e. The second kappa shape index (κ2) is 8.11. The van der Waals surface area contributed by atoms with Gasteiger partial charge >= 0.3 is 0 Å². The quantitative estimate of drug-likeness (QED) is 0.630. The van der Waals surface area contributed by atoms with Crippen molar-refractivity contribution in [1.82, 2.24) is 15.6 Å². The van der Waals surface area contributed by atoms with Crippen LogP contribution in [0.1, 0.15) is 36.2 Å². The Labute approximate surface area is 143 Å². The van der Waals surface area contributed by atoms with Crippen molar-refractivity contribution >= 4 is 17.3 Å². The van der Waals surface area contributed by atoms with Gasteiger partial charge < -0.3 is 10.6 Å². The lowest BCUT2D eigenvalue weighted by Crippen LogP contribution is -2.43. The van der Waals surface area contributed by atoms with Gasteiger partial charge in [0.25, 0.3) is 0 Å². The zero-order chi connectivity index (χ0) is 16.7. The highest BCUT2D eigenvalue weighted by molar-refractivity contribution is 7.11. The molecular weight excluding hydrogens is 304 g/mol. The highest BCUT2D eigenvalue weighted by Crippen LogP contribution is 2.21. The lowest BCUT2D eigenvalue weighted by atomic mass is 9.85. The van der Waals surface area contributed by atoms with E-state index in [1.165, 1.54) is 10.4 Å². The second-order valence-electron chi connectivity index (χ2n) is 6.16. The van der Waals surface area contributed by atoms with E-state index in [0.29, 0.717) is 6.54 Å². The van der Waals surface area contributed by atoms with Crippen LogP contribution in [0.15, 0.2) is 41.5 Å². The molecule has 124 valence electrons. The molecule has 2 rings (SSSR count). The molecular formula is C18H26N4S. The van der Waals surface area contributed by atoms with Crippen LogP contribution in [-0.2, 0) is 12.0 Å². The van der Waals surface area contributed by atoms with Gasteiger partial charge in [-0.15, -0.1) is 11.3 Å². The van der Waals surface area contributed by atoms with Crippen molar-refractivity contribution in [3.63, 3.8) is 0 Å². The standard InChI is InChI=1S/C18H26N4S/c1-5-19-17(21-12-16-20-11-14(2)23-16)22-13-18(3,4)15-9-7-6-8-10-15/h6-11H,5,12-13H2,1-4H3,(H2,19,21,22). The number of thiazole rings is 1. The molecule has 1 heterocycles. The van der Waals surface area contributed by atoms with E-state index in [1.807, 2.05) is 6.20 Å². The zero-order valence-corrected chi connectivity index (χ0v) is 15.2. The maximum Gasteiger partial charge on any atom is 0.191 e. The molecule has 23 heavy (non-hydrogen) atoms. The molecule has 1 aromatic carbocycles. The van der Waals surface area contributed by atoms with Crippen molar-refractivity contribution in [2.75, 3.05) is 13.1 Å². The number of guanidine groups is 1. The van der Waals surface area contributed by atoms with Gasteiger partial charge in [0.1, 0.15) is 5.01 Å². The van der Waals surface area contributed by atoms with Crippen molar-refractivity contribution in [2.24, 2.45) is 4.99 Å². The maximum absolute atomic E-state index is 4.64. The molecule has 0 radical (unpaired) electrons. The molecule has 4 nitrogen and oxygen atoms in total. The summed E-state index contributed by atoms with van der Waals surface area (Å²) in [5, 5.41) is 7.80. The molecule has 2 aromatic rings. The van der Waals surface area contributed by atoms with Gasteiger partial charge in [-0.1, -0.05) is 44.2 Å². The molecule has 0 aliphatic rings. The molecule has 0 saturated carbocycles. The number of nitrogens with one attached hydrogen (secondary N) is 2. The molecule has 0 unspecified atom stereocenters. The average Bonchev–Trinajstić information content (AvgIpc) is 2.96. The number of nitrogens with zero attached hydrogens (tertiary/aromatic N) is 2. The summed E-state index contributed by atoms with van der Waals surface area (Å²) >= 11 is 1.69. The minimum atomic E-state index is 0.0369. The average molecular weight is 331 g/mol. The Balaban J connectivity index is 1.98. The molecule has 0 amide bonds. The van der Waals surface area contributed by atoms with Gasteiger partial charge in [-0.2, -0.15) is 0 Å². The monoisotopic (exact) mass is 330 g/mol.